The number of hydrogen-bond donors (Lipinski definition) is 0. The molecule has 0 saturated carbocycles. The van der Waals surface area contributed by atoms with Crippen LogP contribution in [0.1, 0.15) is 38.2 Å². The lowest BCUT2D eigenvalue weighted by Gasteiger charge is -2.42. The fraction of sp³-hybridized carbons (Fsp3) is 0.600. The average molecular weight is 301 g/mol. The predicted molar refractivity (Wildman–Crippen MR) is 94.2 cm³/mol. The molecule has 0 amide bonds. The van der Waals surface area contributed by atoms with Crippen LogP contribution >= 0.6 is 0 Å². The number of hydrogen-bond acceptors (Lipinski definition) is 2. The monoisotopic (exact) mass is 301 g/mol. The molecule has 0 bridgehead atoms. The van der Waals surface area contributed by atoms with Gasteiger partial charge in [0, 0.05) is 25.6 Å². The van der Waals surface area contributed by atoms with Crippen LogP contribution in [0.5, 0.6) is 0 Å². The molecule has 1 aliphatic heterocycles. The third-order valence-corrected chi connectivity index (χ3v) is 4.62. The van der Waals surface area contributed by atoms with E-state index in [1.54, 1.807) is 0 Å². The van der Waals surface area contributed by atoms with E-state index in [2.05, 4.69) is 48.7 Å². The van der Waals surface area contributed by atoms with Crippen LogP contribution in [0, 0.1) is 5.92 Å². The van der Waals surface area contributed by atoms with E-state index in [1.807, 2.05) is 6.08 Å². The van der Waals surface area contributed by atoms with Crippen molar-refractivity contribution in [3.63, 3.8) is 0 Å². The van der Waals surface area contributed by atoms with Crippen LogP contribution in [0.15, 0.2) is 43.0 Å². The summed E-state index contributed by atoms with van der Waals surface area (Å²) in [6.45, 7) is 10.6. The van der Waals surface area contributed by atoms with E-state index in [0.717, 1.165) is 25.4 Å². The van der Waals surface area contributed by atoms with Gasteiger partial charge in [-0.1, -0.05) is 36.4 Å². The van der Waals surface area contributed by atoms with E-state index >= 15 is 0 Å². The third kappa shape index (κ3) is 5.94. The van der Waals surface area contributed by atoms with Crippen molar-refractivity contribution in [3.05, 3.63) is 48.6 Å². The van der Waals surface area contributed by atoms with Gasteiger partial charge in [0.15, 0.2) is 0 Å². The summed E-state index contributed by atoms with van der Waals surface area (Å²) >= 11 is 0. The molecule has 1 aromatic carbocycles. The smallest absolute Gasteiger partial charge is 0.0599 e. The van der Waals surface area contributed by atoms with Crippen LogP contribution in [-0.2, 0) is 11.2 Å². The predicted octanol–water partition coefficient (Wildman–Crippen LogP) is 4.31. The minimum Gasteiger partial charge on any atom is -0.378 e. The Labute approximate surface area is 136 Å². The molecule has 0 unspecified atom stereocenters. The second-order valence-electron chi connectivity index (χ2n) is 6.47. The minimum absolute atomic E-state index is 0.410. The Morgan fingerprint density at radius 2 is 2.00 bits per heavy atom. The zero-order valence-corrected chi connectivity index (χ0v) is 14.0. The molecule has 1 heterocycles. The molecule has 0 spiro atoms. The first-order valence-electron chi connectivity index (χ1n) is 8.78. The van der Waals surface area contributed by atoms with Crippen LogP contribution in [0.25, 0.3) is 0 Å². The molecule has 122 valence electrons. The Morgan fingerprint density at radius 3 is 2.73 bits per heavy atom. The summed E-state index contributed by atoms with van der Waals surface area (Å²) < 4.78 is 6.01. The van der Waals surface area contributed by atoms with Crippen molar-refractivity contribution in [1.29, 1.82) is 0 Å². The molecule has 22 heavy (non-hydrogen) atoms. The van der Waals surface area contributed by atoms with E-state index in [9.17, 15) is 0 Å². The van der Waals surface area contributed by atoms with E-state index in [-0.39, 0.29) is 0 Å². The van der Waals surface area contributed by atoms with Gasteiger partial charge in [-0.05, 0) is 51.1 Å². The van der Waals surface area contributed by atoms with Crippen molar-refractivity contribution in [3.8, 4) is 0 Å². The lowest BCUT2D eigenvalue weighted by molar-refractivity contribution is -0.0411. The number of rotatable bonds is 11. The SMILES string of the molecule is C=CCCCN1CC([C@@H](C)OCCCCc2ccccc2)C1. The molecule has 2 rings (SSSR count). The molecular formula is C20H31NO. The van der Waals surface area contributed by atoms with Crippen LogP contribution in [0.2, 0.25) is 0 Å². The molecule has 1 aromatic rings. The summed E-state index contributed by atoms with van der Waals surface area (Å²) in [6, 6.07) is 10.7. The van der Waals surface area contributed by atoms with E-state index < -0.39 is 0 Å². The molecule has 2 nitrogen and oxygen atoms in total. The van der Waals surface area contributed by atoms with Crippen molar-refractivity contribution in [2.75, 3.05) is 26.2 Å². The fourth-order valence-electron chi connectivity index (χ4n) is 3.03. The second-order valence-corrected chi connectivity index (χ2v) is 6.47. The van der Waals surface area contributed by atoms with Gasteiger partial charge < -0.3 is 9.64 Å². The summed E-state index contributed by atoms with van der Waals surface area (Å²) in [7, 11) is 0. The highest BCUT2D eigenvalue weighted by Crippen LogP contribution is 2.22. The van der Waals surface area contributed by atoms with Gasteiger partial charge in [0.05, 0.1) is 6.10 Å². The number of ether oxygens (including phenoxy) is 1. The number of nitrogens with zero attached hydrogens (tertiary/aromatic N) is 1. The Hall–Kier alpha value is -1.12. The Balaban J connectivity index is 1.47. The number of unbranched alkanes of at least 4 members (excludes halogenated alkanes) is 2. The maximum absolute atomic E-state index is 6.01. The molecule has 0 N–H and O–H groups in total. The second kappa shape index (κ2) is 9.81. The first-order valence-corrected chi connectivity index (χ1v) is 8.78. The van der Waals surface area contributed by atoms with Gasteiger partial charge in [-0.2, -0.15) is 0 Å². The zero-order chi connectivity index (χ0) is 15.6. The van der Waals surface area contributed by atoms with Crippen LogP contribution in [0.4, 0.5) is 0 Å². The first-order chi connectivity index (χ1) is 10.8. The normalized spacial score (nSPS) is 17.1. The maximum Gasteiger partial charge on any atom is 0.0599 e. The number of benzene rings is 1. The van der Waals surface area contributed by atoms with Crippen LogP contribution < -0.4 is 0 Å². The molecule has 1 fully saturated rings. The van der Waals surface area contributed by atoms with E-state index in [1.165, 1.54) is 44.5 Å². The van der Waals surface area contributed by atoms with Crippen molar-refractivity contribution >= 4 is 0 Å². The highest BCUT2D eigenvalue weighted by atomic mass is 16.5. The van der Waals surface area contributed by atoms with Gasteiger partial charge in [-0.25, -0.2) is 0 Å². The number of allylic oxidation sites excluding steroid dienone is 1. The summed E-state index contributed by atoms with van der Waals surface area (Å²) in [4.78, 5) is 2.53. The summed E-state index contributed by atoms with van der Waals surface area (Å²) in [5, 5.41) is 0. The quantitative estimate of drug-likeness (QED) is 0.446. The highest BCUT2D eigenvalue weighted by Gasteiger charge is 2.30. The van der Waals surface area contributed by atoms with Gasteiger partial charge in [-0.3, -0.25) is 0 Å². The van der Waals surface area contributed by atoms with Gasteiger partial charge in [-0.15, -0.1) is 6.58 Å². The highest BCUT2D eigenvalue weighted by molar-refractivity contribution is 5.14. The average Bonchev–Trinajstić information content (AvgIpc) is 2.50. The summed E-state index contributed by atoms with van der Waals surface area (Å²) in [5.74, 6) is 0.734. The molecule has 1 atom stereocenters. The maximum atomic E-state index is 6.01. The summed E-state index contributed by atoms with van der Waals surface area (Å²) in [6.07, 6.45) is 8.34. The lowest BCUT2D eigenvalue weighted by atomic mass is 9.94. The van der Waals surface area contributed by atoms with Gasteiger partial charge in [0.25, 0.3) is 0 Å². The van der Waals surface area contributed by atoms with Crippen molar-refractivity contribution in [2.45, 2.75) is 45.1 Å². The van der Waals surface area contributed by atoms with Gasteiger partial charge in [0.1, 0.15) is 0 Å². The van der Waals surface area contributed by atoms with E-state index in [4.69, 9.17) is 4.74 Å². The van der Waals surface area contributed by atoms with Crippen LogP contribution in [-0.4, -0.2) is 37.2 Å². The van der Waals surface area contributed by atoms with Crippen molar-refractivity contribution in [1.82, 2.24) is 4.90 Å². The lowest BCUT2D eigenvalue weighted by Crippen LogP contribution is -2.51. The zero-order valence-electron chi connectivity index (χ0n) is 14.0. The molecular weight excluding hydrogens is 270 g/mol. The molecule has 0 radical (unpaired) electrons. The minimum atomic E-state index is 0.410. The van der Waals surface area contributed by atoms with Gasteiger partial charge in [0.2, 0.25) is 0 Å². The van der Waals surface area contributed by atoms with Crippen LogP contribution in [0.3, 0.4) is 0 Å². The molecule has 0 aromatic heterocycles. The molecule has 1 saturated heterocycles. The topological polar surface area (TPSA) is 12.5 Å². The fourth-order valence-corrected chi connectivity index (χ4v) is 3.03. The third-order valence-electron chi connectivity index (χ3n) is 4.62. The molecule has 1 aliphatic rings. The van der Waals surface area contributed by atoms with E-state index in [0.29, 0.717) is 6.10 Å². The Morgan fingerprint density at radius 1 is 1.23 bits per heavy atom. The Bertz CT molecular complexity index is 411. The first kappa shape index (κ1) is 17.2. The standard InChI is InChI=1S/C20H31NO/c1-3-4-9-14-21-16-20(17-21)18(2)22-15-10-8-13-19-11-6-5-7-12-19/h3,5-7,11-12,18,20H,1,4,8-10,13-17H2,2H3/t18-/m1/s1. The summed E-state index contributed by atoms with van der Waals surface area (Å²) in [5.41, 5.74) is 1.43. The number of aryl methyl sites for hydroxylation is 1. The Kier molecular flexibility index (Phi) is 7.68. The molecule has 0 aliphatic carbocycles. The number of likely N-dealkylation sites (tertiary alicyclic amines) is 1. The van der Waals surface area contributed by atoms with Crippen molar-refractivity contribution < 1.29 is 4.74 Å². The van der Waals surface area contributed by atoms with Crippen molar-refractivity contribution in [2.24, 2.45) is 5.92 Å². The van der Waals surface area contributed by atoms with Gasteiger partial charge >= 0.3 is 0 Å². The molecule has 2 heteroatoms. The largest absolute Gasteiger partial charge is 0.378 e.